The molecule has 0 radical (unpaired) electrons. The van der Waals surface area contributed by atoms with Gasteiger partial charge in [-0.05, 0) is 36.5 Å². The lowest BCUT2D eigenvalue weighted by molar-refractivity contribution is -0.0221. The van der Waals surface area contributed by atoms with Crippen LogP contribution >= 0.6 is 0 Å². The summed E-state index contributed by atoms with van der Waals surface area (Å²) in [7, 11) is 0. The summed E-state index contributed by atoms with van der Waals surface area (Å²) in [5.74, 6) is 1.50. The Morgan fingerprint density at radius 3 is 1.33 bits per heavy atom. The number of rotatable bonds is 33. The maximum Gasteiger partial charge on any atom is 0.119 e. The smallest absolute Gasteiger partial charge is 0.119 e. The largest absolute Gasteiger partial charge is 0.491 e. The third-order valence-corrected chi connectivity index (χ3v) is 6.82. The Labute approximate surface area is 257 Å². The van der Waals surface area contributed by atoms with Gasteiger partial charge in [0.15, 0.2) is 0 Å². The van der Waals surface area contributed by atoms with E-state index in [1.165, 1.54) is 50.5 Å². The molecule has 0 aliphatic rings. The van der Waals surface area contributed by atoms with E-state index < -0.39 is 0 Å². The van der Waals surface area contributed by atoms with Crippen LogP contribution in [0.4, 0.5) is 0 Å². The summed E-state index contributed by atoms with van der Waals surface area (Å²) >= 11 is 0. The Hall–Kier alpha value is -1.26. The van der Waals surface area contributed by atoms with Crippen LogP contribution in [-0.2, 0) is 39.6 Å². The van der Waals surface area contributed by atoms with Crippen molar-refractivity contribution >= 4 is 0 Å². The highest BCUT2D eigenvalue weighted by Crippen LogP contribution is 2.15. The zero-order chi connectivity index (χ0) is 30.2. The lowest BCUT2D eigenvalue weighted by Gasteiger charge is -2.10. The molecule has 0 aromatic heterocycles. The van der Waals surface area contributed by atoms with Crippen LogP contribution in [0.3, 0.4) is 0 Å². The number of aryl methyl sites for hydroxylation is 1. The molecule has 8 heteroatoms. The normalized spacial score (nSPS) is 12.2. The number of benzene rings is 1. The predicted octanol–water partition coefficient (Wildman–Crippen LogP) is 6.52. The van der Waals surface area contributed by atoms with E-state index in [9.17, 15) is 0 Å². The molecule has 0 aliphatic carbocycles. The van der Waals surface area contributed by atoms with Crippen LogP contribution in [0.1, 0.15) is 77.7 Å². The van der Waals surface area contributed by atoms with Crippen molar-refractivity contribution in [1.82, 2.24) is 0 Å². The van der Waals surface area contributed by atoms with Crippen molar-refractivity contribution in [3.8, 4) is 5.75 Å². The van der Waals surface area contributed by atoms with Gasteiger partial charge >= 0.3 is 0 Å². The van der Waals surface area contributed by atoms with Gasteiger partial charge in [-0.3, -0.25) is 0 Å². The quantitative estimate of drug-likeness (QED) is 0.0847. The van der Waals surface area contributed by atoms with Gasteiger partial charge in [0.2, 0.25) is 0 Å². The number of unbranched alkanes of at least 4 members (excludes halogenated alkanes) is 6. The standard InChI is InChI=1S/C34H62O8/c1-4-6-7-8-9-10-11-12-33-13-15-34(16-14-33)42-30-29-40-26-25-38-22-21-36-18-17-35-19-20-37-23-24-39-27-28-41-31-32(3)5-2/h13-16,32H,4-12,17-31H2,1-3H3. The van der Waals surface area contributed by atoms with Crippen molar-refractivity contribution in [2.24, 2.45) is 5.92 Å². The number of ether oxygens (including phenoxy) is 8. The van der Waals surface area contributed by atoms with E-state index in [4.69, 9.17) is 37.9 Å². The van der Waals surface area contributed by atoms with Gasteiger partial charge in [0.05, 0.1) is 85.9 Å². The summed E-state index contributed by atoms with van der Waals surface area (Å²) in [6.45, 7) is 15.2. The lowest BCUT2D eigenvalue weighted by atomic mass is 10.0. The molecule has 0 amide bonds. The van der Waals surface area contributed by atoms with E-state index in [0.29, 0.717) is 98.4 Å². The van der Waals surface area contributed by atoms with E-state index in [-0.39, 0.29) is 0 Å². The summed E-state index contributed by atoms with van der Waals surface area (Å²) in [5.41, 5.74) is 1.39. The molecule has 0 saturated carbocycles. The second-order valence-corrected chi connectivity index (χ2v) is 10.6. The van der Waals surface area contributed by atoms with Crippen LogP contribution in [0, 0.1) is 5.92 Å². The van der Waals surface area contributed by atoms with Crippen molar-refractivity contribution in [2.45, 2.75) is 78.6 Å². The van der Waals surface area contributed by atoms with Gasteiger partial charge in [-0.15, -0.1) is 0 Å². The lowest BCUT2D eigenvalue weighted by Crippen LogP contribution is -2.15. The molecule has 8 nitrogen and oxygen atoms in total. The third-order valence-electron chi connectivity index (χ3n) is 6.82. The molecule has 1 rings (SSSR count). The van der Waals surface area contributed by atoms with Gasteiger partial charge in [-0.25, -0.2) is 0 Å². The summed E-state index contributed by atoms with van der Waals surface area (Å²) in [5, 5.41) is 0. The van der Waals surface area contributed by atoms with Gasteiger partial charge in [0.1, 0.15) is 12.4 Å². The van der Waals surface area contributed by atoms with Crippen molar-refractivity contribution in [2.75, 3.05) is 99.1 Å². The zero-order valence-electron chi connectivity index (χ0n) is 27.1. The van der Waals surface area contributed by atoms with Gasteiger partial charge < -0.3 is 37.9 Å². The van der Waals surface area contributed by atoms with Crippen LogP contribution in [0.25, 0.3) is 0 Å². The molecule has 0 N–H and O–H groups in total. The Morgan fingerprint density at radius 1 is 0.476 bits per heavy atom. The molecule has 0 bridgehead atoms. The van der Waals surface area contributed by atoms with Gasteiger partial charge in [0.25, 0.3) is 0 Å². The van der Waals surface area contributed by atoms with E-state index >= 15 is 0 Å². The molecule has 0 spiro atoms. The fraction of sp³-hybridized carbons (Fsp3) is 0.824. The molecule has 1 aromatic rings. The van der Waals surface area contributed by atoms with Crippen LogP contribution in [0.15, 0.2) is 24.3 Å². The van der Waals surface area contributed by atoms with Crippen molar-refractivity contribution in [3.63, 3.8) is 0 Å². The molecule has 1 unspecified atom stereocenters. The first kappa shape index (κ1) is 38.8. The minimum Gasteiger partial charge on any atom is -0.491 e. The minimum atomic E-state index is 0.535. The first-order valence-electron chi connectivity index (χ1n) is 16.5. The molecule has 0 aliphatic heterocycles. The minimum absolute atomic E-state index is 0.535. The molecule has 0 heterocycles. The van der Waals surface area contributed by atoms with Crippen LogP contribution in [-0.4, -0.2) is 99.1 Å². The highest BCUT2D eigenvalue weighted by Gasteiger charge is 2.00. The first-order valence-corrected chi connectivity index (χ1v) is 16.5. The Bertz CT molecular complexity index is 657. The SMILES string of the molecule is CCCCCCCCCc1ccc(OCCOCCOCCOCCOCCOCCOCCOCC(C)CC)cc1. The zero-order valence-corrected chi connectivity index (χ0v) is 27.1. The van der Waals surface area contributed by atoms with Crippen molar-refractivity contribution in [3.05, 3.63) is 29.8 Å². The Balaban J connectivity index is 1.75. The summed E-state index contributed by atoms with van der Waals surface area (Å²) in [6, 6.07) is 8.47. The van der Waals surface area contributed by atoms with Gasteiger partial charge in [-0.1, -0.05) is 77.8 Å². The molecule has 1 atom stereocenters. The Kier molecular flexibility index (Phi) is 28.8. The average molecular weight is 599 g/mol. The molecular weight excluding hydrogens is 536 g/mol. The molecule has 246 valence electrons. The number of hydrogen-bond acceptors (Lipinski definition) is 8. The highest BCUT2D eigenvalue weighted by atomic mass is 16.6. The second-order valence-electron chi connectivity index (χ2n) is 10.6. The topological polar surface area (TPSA) is 73.8 Å². The molecular formula is C34H62O8. The fourth-order valence-electron chi connectivity index (χ4n) is 3.98. The van der Waals surface area contributed by atoms with Crippen LogP contribution < -0.4 is 4.74 Å². The maximum atomic E-state index is 5.78. The maximum absolute atomic E-state index is 5.78. The second kappa shape index (κ2) is 31.2. The summed E-state index contributed by atoms with van der Waals surface area (Å²) in [4.78, 5) is 0. The van der Waals surface area contributed by atoms with Crippen molar-refractivity contribution in [1.29, 1.82) is 0 Å². The third kappa shape index (κ3) is 26.4. The van der Waals surface area contributed by atoms with Crippen molar-refractivity contribution < 1.29 is 37.9 Å². The van der Waals surface area contributed by atoms with E-state index in [1.807, 2.05) is 0 Å². The van der Waals surface area contributed by atoms with E-state index in [2.05, 4.69) is 45.0 Å². The van der Waals surface area contributed by atoms with E-state index in [1.54, 1.807) is 0 Å². The highest BCUT2D eigenvalue weighted by molar-refractivity contribution is 5.27. The predicted molar refractivity (Wildman–Crippen MR) is 169 cm³/mol. The van der Waals surface area contributed by atoms with Crippen LogP contribution in [0.5, 0.6) is 5.75 Å². The monoisotopic (exact) mass is 598 g/mol. The first-order chi connectivity index (χ1) is 20.8. The molecule has 42 heavy (non-hydrogen) atoms. The molecule has 0 fully saturated rings. The number of hydrogen-bond donors (Lipinski definition) is 0. The van der Waals surface area contributed by atoms with Crippen LogP contribution in [0.2, 0.25) is 0 Å². The molecule has 0 saturated heterocycles. The molecule has 1 aromatic carbocycles. The summed E-state index contributed by atoms with van der Waals surface area (Å²) in [6.07, 6.45) is 11.7. The fourth-order valence-corrected chi connectivity index (χ4v) is 3.98. The average Bonchev–Trinajstić information content (AvgIpc) is 3.01. The van der Waals surface area contributed by atoms with Gasteiger partial charge in [0, 0.05) is 6.61 Å². The van der Waals surface area contributed by atoms with Gasteiger partial charge in [-0.2, -0.15) is 0 Å². The Morgan fingerprint density at radius 2 is 0.881 bits per heavy atom. The van der Waals surface area contributed by atoms with E-state index in [0.717, 1.165) is 25.2 Å². The summed E-state index contributed by atoms with van der Waals surface area (Å²) < 4.78 is 44.4.